The molecule has 1 N–H and O–H groups in total. The number of aliphatic hydroxyl groups is 1. The van der Waals surface area contributed by atoms with Crippen molar-refractivity contribution in [2.75, 3.05) is 38.8 Å². The van der Waals surface area contributed by atoms with Gasteiger partial charge in [-0.15, -0.1) is 0 Å². The summed E-state index contributed by atoms with van der Waals surface area (Å²) in [5.74, 6) is 2.12. The summed E-state index contributed by atoms with van der Waals surface area (Å²) < 4.78 is 10.6. The SMILES string of the molecule is COc1ccc(N2CCC(CCO)C2)cc1OC. The Morgan fingerprint density at radius 3 is 2.72 bits per heavy atom. The van der Waals surface area contributed by atoms with Gasteiger partial charge in [0.2, 0.25) is 0 Å². The van der Waals surface area contributed by atoms with Crippen molar-refractivity contribution in [2.24, 2.45) is 5.92 Å². The average Bonchev–Trinajstić information content (AvgIpc) is 2.87. The summed E-state index contributed by atoms with van der Waals surface area (Å²) in [4.78, 5) is 2.34. The molecular weight excluding hydrogens is 230 g/mol. The molecule has 1 atom stereocenters. The fourth-order valence-corrected chi connectivity index (χ4v) is 2.51. The Morgan fingerprint density at radius 2 is 2.06 bits per heavy atom. The normalized spacial score (nSPS) is 19.1. The largest absolute Gasteiger partial charge is 0.493 e. The quantitative estimate of drug-likeness (QED) is 0.868. The van der Waals surface area contributed by atoms with Crippen LogP contribution in [0.25, 0.3) is 0 Å². The van der Waals surface area contributed by atoms with E-state index in [-0.39, 0.29) is 6.61 Å². The van der Waals surface area contributed by atoms with Gasteiger partial charge in [0.25, 0.3) is 0 Å². The Labute approximate surface area is 108 Å². The van der Waals surface area contributed by atoms with Gasteiger partial charge in [-0.2, -0.15) is 0 Å². The number of nitrogens with zero attached hydrogens (tertiary/aromatic N) is 1. The smallest absolute Gasteiger partial charge is 0.162 e. The van der Waals surface area contributed by atoms with Gasteiger partial charge in [0.1, 0.15) is 0 Å². The van der Waals surface area contributed by atoms with Crippen LogP contribution in [0, 0.1) is 5.92 Å². The highest BCUT2D eigenvalue weighted by Gasteiger charge is 2.22. The molecule has 1 heterocycles. The number of anilines is 1. The van der Waals surface area contributed by atoms with E-state index in [1.807, 2.05) is 12.1 Å². The minimum absolute atomic E-state index is 0.282. The molecule has 0 bridgehead atoms. The van der Waals surface area contributed by atoms with Crippen LogP contribution in [0.1, 0.15) is 12.8 Å². The molecule has 2 rings (SSSR count). The fourth-order valence-electron chi connectivity index (χ4n) is 2.51. The van der Waals surface area contributed by atoms with Crippen LogP contribution in [0.5, 0.6) is 11.5 Å². The van der Waals surface area contributed by atoms with Gasteiger partial charge in [-0.1, -0.05) is 0 Å². The van der Waals surface area contributed by atoms with Gasteiger partial charge >= 0.3 is 0 Å². The monoisotopic (exact) mass is 251 g/mol. The third-order valence-corrected chi connectivity index (χ3v) is 3.56. The zero-order valence-electron chi connectivity index (χ0n) is 11.1. The molecule has 100 valence electrons. The molecule has 0 aromatic heterocycles. The molecule has 1 saturated heterocycles. The highest BCUT2D eigenvalue weighted by Crippen LogP contribution is 2.33. The van der Waals surface area contributed by atoms with E-state index < -0.39 is 0 Å². The molecule has 0 radical (unpaired) electrons. The van der Waals surface area contributed by atoms with Crippen LogP contribution in [0.4, 0.5) is 5.69 Å². The molecule has 1 aliphatic rings. The summed E-state index contributed by atoms with van der Waals surface area (Å²) in [5.41, 5.74) is 1.16. The number of ether oxygens (including phenoxy) is 2. The van der Waals surface area contributed by atoms with E-state index in [4.69, 9.17) is 14.6 Å². The zero-order chi connectivity index (χ0) is 13.0. The maximum Gasteiger partial charge on any atom is 0.162 e. The summed E-state index contributed by atoms with van der Waals surface area (Å²) >= 11 is 0. The molecule has 1 aromatic carbocycles. The lowest BCUT2D eigenvalue weighted by atomic mass is 10.1. The van der Waals surface area contributed by atoms with Gasteiger partial charge < -0.3 is 19.5 Å². The number of rotatable bonds is 5. The second-order valence-electron chi connectivity index (χ2n) is 4.65. The van der Waals surface area contributed by atoms with E-state index in [1.54, 1.807) is 14.2 Å². The highest BCUT2D eigenvalue weighted by molar-refractivity contribution is 5.56. The second-order valence-corrected chi connectivity index (χ2v) is 4.65. The van der Waals surface area contributed by atoms with Crippen LogP contribution in [0.3, 0.4) is 0 Å². The second kappa shape index (κ2) is 5.96. The molecule has 0 aliphatic carbocycles. The standard InChI is InChI=1S/C14H21NO3/c1-17-13-4-3-12(9-14(13)18-2)15-7-5-11(10-15)6-8-16/h3-4,9,11,16H,5-8,10H2,1-2H3. The molecule has 4 nitrogen and oxygen atoms in total. The molecule has 1 aliphatic heterocycles. The van der Waals surface area contributed by atoms with Crippen molar-refractivity contribution in [3.8, 4) is 11.5 Å². The molecule has 0 spiro atoms. The molecule has 0 saturated carbocycles. The topological polar surface area (TPSA) is 41.9 Å². The third kappa shape index (κ3) is 2.70. The Balaban J connectivity index is 2.10. The van der Waals surface area contributed by atoms with E-state index in [9.17, 15) is 0 Å². The van der Waals surface area contributed by atoms with Gasteiger partial charge in [0.05, 0.1) is 14.2 Å². The van der Waals surface area contributed by atoms with Crippen LogP contribution in [0.15, 0.2) is 18.2 Å². The summed E-state index contributed by atoms with van der Waals surface area (Å²) in [6.07, 6.45) is 2.04. The summed E-state index contributed by atoms with van der Waals surface area (Å²) in [6.45, 7) is 2.33. The lowest BCUT2D eigenvalue weighted by Crippen LogP contribution is -2.19. The summed E-state index contributed by atoms with van der Waals surface area (Å²) in [6, 6.07) is 6.01. The number of hydrogen-bond acceptors (Lipinski definition) is 4. The molecular formula is C14H21NO3. The first-order valence-corrected chi connectivity index (χ1v) is 6.36. The van der Waals surface area contributed by atoms with E-state index in [2.05, 4.69) is 11.0 Å². The van der Waals surface area contributed by atoms with Gasteiger partial charge in [-0.25, -0.2) is 0 Å². The van der Waals surface area contributed by atoms with E-state index in [1.165, 1.54) is 0 Å². The van der Waals surface area contributed by atoms with E-state index in [0.717, 1.165) is 43.1 Å². The van der Waals surface area contributed by atoms with E-state index >= 15 is 0 Å². The van der Waals surface area contributed by atoms with Crippen LogP contribution in [-0.2, 0) is 0 Å². The Hall–Kier alpha value is -1.42. The molecule has 1 unspecified atom stereocenters. The van der Waals surface area contributed by atoms with Gasteiger partial charge in [0.15, 0.2) is 11.5 Å². The van der Waals surface area contributed by atoms with Gasteiger partial charge in [-0.05, 0) is 30.9 Å². The van der Waals surface area contributed by atoms with Crippen molar-refractivity contribution in [3.63, 3.8) is 0 Å². The van der Waals surface area contributed by atoms with Crippen molar-refractivity contribution in [1.29, 1.82) is 0 Å². The Kier molecular flexibility index (Phi) is 4.31. The van der Waals surface area contributed by atoms with Crippen LogP contribution in [-0.4, -0.2) is 39.0 Å². The zero-order valence-corrected chi connectivity index (χ0v) is 11.1. The van der Waals surface area contributed by atoms with Gasteiger partial charge in [0, 0.05) is 31.5 Å². The van der Waals surface area contributed by atoms with Crippen LogP contribution < -0.4 is 14.4 Å². The lowest BCUT2D eigenvalue weighted by molar-refractivity contribution is 0.263. The molecule has 1 fully saturated rings. The van der Waals surface area contributed by atoms with Crippen molar-refractivity contribution in [3.05, 3.63) is 18.2 Å². The molecule has 18 heavy (non-hydrogen) atoms. The van der Waals surface area contributed by atoms with Crippen LogP contribution >= 0.6 is 0 Å². The highest BCUT2D eigenvalue weighted by atomic mass is 16.5. The fraction of sp³-hybridized carbons (Fsp3) is 0.571. The summed E-state index contributed by atoms with van der Waals surface area (Å²) in [5, 5.41) is 8.98. The number of hydrogen-bond donors (Lipinski definition) is 1. The summed E-state index contributed by atoms with van der Waals surface area (Å²) in [7, 11) is 3.30. The van der Waals surface area contributed by atoms with Crippen molar-refractivity contribution >= 4 is 5.69 Å². The Bertz CT molecular complexity index is 395. The van der Waals surface area contributed by atoms with E-state index in [0.29, 0.717) is 5.92 Å². The minimum Gasteiger partial charge on any atom is -0.493 e. The number of benzene rings is 1. The maximum atomic E-state index is 8.98. The minimum atomic E-state index is 0.282. The predicted octanol–water partition coefficient (Wildman–Crippen LogP) is 1.91. The molecule has 4 heteroatoms. The number of methoxy groups -OCH3 is 2. The van der Waals surface area contributed by atoms with Crippen molar-refractivity contribution in [1.82, 2.24) is 0 Å². The predicted molar refractivity (Wildman–Crippen MR) is 71.6 cm³/mol. The Morgan fingerprint density at radius 1 is 1.28 bits per heavy atom. The lowest BCUT2D eigenvalue weighted by Gasteiger charge is -2.20. The molecule has 0 amide bonds. The van der Waals surface area contributed by atoms with Crippen molar-refractivity contribution < 1.29 is 14.6 Å². The molecule has 1 aromatic rings. The maximum absolute atomic E-state index is 8.98. The third-order valence-electron chi connectivity index (χ3n) is 3.56. The van der Waals surface area contributed by atoms with Crippen LogP contribution in [0.2, 0.25) is 0 Å². The first kappa shape index (κ1) is 13.0. The first-order valence-electron chi connectivity index (χ1n) is 6.36. The number of aliphatic hydroxyl groups excluding tert-OH is 1. The van der Waals surface area contributed by atoms with Crippen molar-refractivity contribution in [2.45, 2.75) is 12.8 Å². The average molecular weight is 251 g/mol. The van der Waals surface area contributed by atoms with Gasteiger partial charge in [-0.3, -0.25) is 0 Å². The first-order chi connectivity index (χ1) is 8.78.